The molecule has 0 radical (unpaired) electrons. The van der Waals surface area contributed by atoms with Gasteiger partial charge in [-0.05, 0) is 42.7 Å². The van der Waals surface area contributed by atoms with Crippen LogP contribution < -0.4 is 0 Å². The van der Waals surface area contributed by atoms with E-state index in [0.717, 1.165) is 65.4 Å². The lowest BCUT2D eigenvalue weighted by molar-refractivity contribution is 0.211. The first-order valence-corrected chi connectivity index (χ1v) is 12.7. The summed E-state index contributed by atoms with van der Waals surface area (Å²) in [5.74, 6) is 0. The second-order valence-electron chi connectivity index (χ2n) is 8.20. The van der Waals surface area contributed by atoms with E-state index in [2.05, 4.69) is 87.9 Å². The highest BCUT2D eigenvalue weighted by molar-refractivity contribution is 7.43. The maximum Gasteiger partial charge on any atom is 0.0544 e. The highest BCUT2D eigenvalue weighted by atomic mass is 31.1. The fourth-order valence-corrected chi connectivity index (χ4v) is 4.77. The minimum absolute atomic E-state index is 0.835. The van der Waals surface area contributed by atoms with Crippen molar-refractivity contribution < 1.29 is 0 Å². The van der Waals surface area contributed by atoms with Crippen LogP contribution in [0.4, 0.5) is 0 Å². The first kappa shape index (κ1) is 25.0. The molecule has 2 aromatic rings. The van der Waals surface area contributed by atoms with Crippen LogP contribution in [0.2, 0.25) is 0 Å². The van der Waals surface area contributed by atoms with Crippen molar-refractivity contribution in [1.29, 1.82) is 0 Å². The van der Waals surface area contributed by atoms with E-state index in [1.807, 2.05) is 30.6 Å². The largest absolute Gasteiger partial charge is 0.292 e. The predicted molar refractivity (Wildman–Crippen MR) is 143 cm³/mol. The van der Waals surface area contributed by atoms with Gasteiger partial charge in [0.2, 0.25) is 0 Å². The van der Waals surface area contributed by atoms with Crippen LogP contribution in [0, 0.1) is 0 Å². The molecule has 0 amide bonds. The molecular weight excluding hydrogens is 423 g/mol. The van der Waals surface area contributed by atoms with Gasteiger partial charge >= 0.3 is 0 Å². The molecule has 0 N–H and O–H groups in total. The molecule has 0 aromatic carbocycles. The van der Waals surface area contributed by atoms with Gasteiger partial charge in [0.25, 0.3) is 0 Å². The van der Waals surface area contributed by atoms with Crippen molar-refractivity contribution in [1.82, 2.24) is 19.8 Å². The molecule has 0 fully saturated rings. The SMILES string of the molecule is C=C/C=C\C=C(/C)CN(CCN(CC1=CC=CCP1)Cc1ccccn1)Cc1ccccn1. The molecule has 0 aliphatic carbocycles. The molecule has 0 bridgehead atoms. The summed E-state index contributed by atoms with van der Waals surface area (Å²) in [7, 11) is 0.883. The van der Waals surface area contributed by atoms with Gasteiger partial charge < -0.3 is 0 Å². The van der Waals surface area contributed by atoms with Crippen molar-refractivity contribution in [2.75, 3.05) is 32.3 Å². The first-order valence-electron chi connectivity index (χ1n) is 11.5. The van der Waals surface area contributed by atoms with Crippen LogP contribution in [0.15, 0.2) is 109 Å². The molecule has 3 rings (SSSR count). The molecule has 4 nitrogen and oxygen atoms in total. The average molecular weight is 459 g/mol. The standard InChI is InChI=1S/C28H35N4P/c1-3-4-5-12-25(2)21-31(22-26-13-6-9-16-29-26)18-19-32(23-27-14-7-10-17-30-27)24-28-15-8-11-20-33-28/h3-17,33H,1,18-24H2,2H3/b5-4-,25-12+. The van der Waals surface area contributed by atoms with Crippen LogP contribution in [-0.2, 0) is 13.1 Å². The Kier molecular flexibility index (Phi) is 11.0. The molecule has 0 saturated heterocycles. The van der Waals surface area contributed by atoms with Crippen molar-refractivity contribution in [2.24, 2.45) is 0 Å². The Morgan fingerprint density at radius 2 is 1.67 bits per heavy atom. The Bertz CT molecular complexity index is 964. The molecule has 1 aliphatic rings. The summed E-state index contributed by atoms with van der Waals surface area (Å²) in [5.41, 5.74) is 3.54. The Balaban J connectivity index is 1.70. The van der Waals surface area contributed by atoms with Crippen molar-refractivity contribution in [3.05, 3.63) is 120 Å². The third kappa shape index (κ3) is 9.79. The van der Waals surface area contributed by atoms with Gasteiger partial charge in [-0.1, -0.05) is 75.4 Å². The molecule has 2 aromatic heterocycles. The van der Waals surface area contributed by atoms with Crippen LogP contribution in [0.25, 0.3) is 0 Å². The predicted octanol–water partition coefficient (Wildman–Crippen LogP) is 5.60. The zero-order valence-corrected chi connectivity index (χ0v) is 20.6. The number of allylic oxidation sites excluding steroid dienone is 7. The third-order valence-electron chi connectivity index (χ3n) is 5.33. The summed E-state index contributed by atoms with van der Waals surface area (Å²) in [6.07, 6.45) is 19.7. The molecule has 5 heteroatoms. The highest BCUT2D eigenvalue weighted by Gasteiger charge is 2.14. The lowest BCUT2D eigenvalue weighted by atomic mass is 10.2. The molecule has 33 heavy (non-hydrogen) atoms. The smallest absolute Gasteiger partial charge is 0.0544 e. The van der Waals surface area contributed by atoms with Crippen LogP contribution >= 0.6 is 8.58 Å². The number of aromatic nitrogens is 2. The van der Waals surface area contributed by atoms with E-state index in [1.165, 1.54) is 10.9 Å². The van der Waals surface area contributed by atoms with Gasteiger partial charge in [-0.2, -0.15) is 0 Å². The van der Waals surface area contributed by atoms with E-state index in [4.69, 9.17) is 0 Å². The van der Waals surface area contributed by atoms with Crippen molar-refractivity contribution >= 4 is 8.58 Å². The van der Waals surface area contributed by atoms with Crippen LogP contribution in [0.3, 0.4) is 0 Å². The van der Waals surface area contributed by atoms with Gasteiger partial charge in [0.1, 0.15) is 0 Å². The number of nitrogens with zero attached hydrogens (tertiary/aromatic N) is 4. The van der Waals surface area contributed by atoms with E-state index in [1.54, 1.807) is 6.08 Å². The number of hydrogen-bond acceptors (Lipinski definition) is 4. The highest BCUT2D eigenvalue weighted by Crippen LogP contribution is 2.27. The second kappa shape index (κ2) is 14.5. The summed E-state index contributed by atoms with van der Waals surface area (Å²) >= 11 is 0. The Hall–Kier alpha value is -2.65. The molecular formula is C28H35N4P. The van der Waals surface area contributed by atoms with Crippen molar-refractivity contribution in [2.45, 2.75) is 20.0 Å². The molecule has 1 aliphatic heterocycles. The second-order valence-corrected chi connectivity index (χ2v) is 9.60. The van der Waals surface area contributed by atoms with Crippen LogP contribution in [-0.4, -0.2) is 52.1 Å². The number of hydrogen-bond donors (Lipinski definition) is 0. The minimum Gasteiger partial charge on any atom is -0.292 e. The summed E-state index contributed by atoms with van der Waals surface area (Å²) in [4.78, 5) is 14.2. The monoisotopic (exact) mass is 458 g/mol. The van der Waals surface area contributed by atoms with E-state index >= 15 is 0 Å². The molecule has 0 saturated carbocycles. The van der Waals surface area contributed by atoms with Gasteiger partial charge in [-0.25, -0.2) is 0 Å². The van der Waals surface area contributed by atoms with Gasteiger partial charge in [0, 0.05) is 51.7 Å². The van der Waals surface area contributed by atoms with E-state index in [-0.39, 0.29) is 0 Å². The zero-order chi connectivity index (χ0) is 23.1. The van der Waals surface area contributed by atoms with Crippen LogP contribution in [0.1, 0.15) is 18.3 Å². The van der Waals surface area contributed by atoms with E-state index in [0.29, 0.717) is 0 Å². The summed E-state index contributed by atoms with van der Waals surface area (Å²) in [6, 6.07) is 12.3. The molecule has 172 valence electrons. The number of pyridine rings is 2. The van der Waals surface area contributed by atoms with Gasteiger partial charge in [0.15, 0.2) is 0 Å². The quantitative estimate of drug-likeness (QED) is 0.289. The van der Waals surface area contributed by atoms with E-state index < -0.39 is 0 Å². The maximum atomic E-state index is 4.58. The normalized spacial score (nSPS) is 15.0. The van der Waals surface area contributed by atoms with E-state index in [9.17, 15) is 0 Å². The molecule has 3 heterocycles. The summed E-state index contributed by atoms with van der Waals surface area (Å²) < 4.78 is 0. The maximum absolute atomic E-state index is 4.58. The topological polar surface area (TPSA) is 32.3 Å². The van der Waals surface area contributed by atoms with Gasteiger partial charge in [-0.15, -0.1) is 0 Å². The lowest BCUT2D eigenvalue weighted by Gasteiger charge is -2.28. The first-order chi connectivity index (χ1) is 16.2. The van der Waals surface area contributed by atoms with Gasteiger partial charge in [-0.3, -0.25) is 19.8 Å². The lowest BCUT2D eigenvalue weighted by Crippen LogP contribution is -2.36. The molecule has 1 atom stereocenters. The zero-order valence-electron chi connectivity index (χ0n) is 19.6. The molecule has 0 spiro atoms. The summed E-state index contributed by atoms with van der Waals surface area (Å²) in [6.45, 7) is 11.5. The van der Waals surface area contributed by atoms with Crippen molar-refractivity contribution in [3.63, 3.8) is 0 Å². The van der Waals surface area contributed by atoms with Crippen LogP contribution in [0.5, 0.6) is 0 Å². The third-order valence-corrected chi connectivity index (χ3v) is 6.55. The Morgan fingerprint density at radius 3 is 2.27 bits per heavy atom. The number of rotatable bonds is 13. The average Bonchev–Trinajstić information content (AvgIpc) is 2.84. The fourth-order valence-electron chi connectivity index (χ4n) is 3.71. The fraction of sp³-hybridized carbons (Fsp3) is 0.286. The van der Waals surface area contributed by atoms with Gasteiger partial charge in [0.05, 0.1) is 11.4 Å². The Labute approximate surface area is 200 Å². The Morgan fingerprint density at radius 1 is 0.970 bits per heavy atom. The minimum atomic E-state index is 0.835. The van der Waals surface area contributed by atoms with Crippen molar-refractivity contribution in [3.8, 4) is 0 Å². The molecule has 1 unspecified atom stereocenters. The summed E-state index contributed by atoms with van der Waals surface area (Å²) in [5, 5.41) is 1.52.